The zero-order valence-corrected chi connectivity index (χ0v) is 7.47. The Labute approximate surface area is 76.0 Å². The second-order valence-corrected chi connectivity index (χ2v) is 2.89. The molecule has 3 nitrogen and oxygen atoms in total. The number of hydrogen-bond acceptors (Lipinski definition) is 2. The zero-order chi connectivity index (χ0) is 9.14. The highest BCUT2D eigenvalue weighted by Gasteiger charge is 2.00. The second kappa shape index (κ2) is 3.45. The fourth-order valence-corrected chi connectivity index (χ4v) is 0.996. The van der Waals surface area contributed by atoms with Crippen molar-refractivity contribution in [1.29, 1.82) is 0 Å². The van der Waals surface area contributed by atoms with Crippen molar-refractivity contribution in [3.8, 4) is 0 Å². The molecule has 0 spiro atoms. The van der Waals surface area contributed by atoms with Gasteiger partial charge in [0.2, 0.25) is 0 Å². The van der Waals surface area contributed by atoms with Crippen LogP contribution in [0.1, 0.15) is 11.1 Å². The fourth-order valence-electron chi connectivity index (χ4n) is 0.879. The minimum Gasteiger partial charge on any atom is -0.382 e. The van der Waals surface area contributed by atoms with E-state index < -0.39 is 0 Å². The minimum atomic E-state index is 0.315. The zero-order valence-electron chi connectivity index (χ0n) is 6.71. The highest BCUT2D eigenvalue weighted by atomic mass is 35.5. The number of benzene rings is 1. The first kappa shape index (κ1) is 8.87. The maximum absolute atomic E-state index is 5.82. The molecule has 0 bridgehead atoms. The first-order valence-corrected chi connectivity index (χ1v) is 3.83. The average Bonchev–Trinajstić information content (AvgIpc) is 2.08. The van der Waals surface area contributed by atoms with Crippen LogP contribution in [0.4, 0.5) is 0 Å². The first-order valence-electron chi connectivity index (χ1n) is 3.45. The van der Waals surface area contributed by atoms with Gasteiger partial charge in [0.1, 0.15) is 5.84 Å². The van der Waals surface area contributed by atoms with Crippen molar-refractivity contribution in [1.82, 2.24) is 0 Å². The third-order valence-electron chi connectivity index (χ3n) is 1.59. The number of nitrogens with two attached hydrogens (primary N) is 2. The average molecular weight is 184 g/mol. The van der Waals surface area contributed by atoms with E-state index in [1.165, 1.54) is 0 Å². The van der Waals surface area contributed by atoms with Crippen LogP contribution in [0, 0.1) is 6.92 Å². The van der Waals surface area contributed by atoms with Gasteiger partial charge in [-0.25, -0.2) is 0 Å². The van der Waals surface area contributed by atoms with Gasteiger partial charge in [-0.2, -0.15) is 5.10 Å². The number of amidine groups is 1. The second-order valence-electron chi connectivity index (χ2n) is 2.48. The van der Waals surface area contributed by atoms with Crippen molar-refractivity contribution in [3.63, 3.8) is 0 Å². The normalized spacial score (nSPS) is 11.7. The predicted molar refractivity (Wildman–Crippen MR) is 51.1 cm³/mol. The molecular formula is C8H10ClN3. The predicted octanol–water partition coefficient (Wildman–Crippen LogP) is 1.23. The van der Waals surface area contributed by atoms with Crippen molar-refractivity contribution in [2.45, 2.75) is 6.92 Å². The summed E-state index contributed by atoms with van der Waals surface area (Å²) in [5.41, 5.74) is 7.25. The molecule has 0 heterocycles. The number of rotatable bonds is 1. The minimum absolute atomic E-state index is 0.315. The van der Waals surface area contributed by atoms with Gasteiger partial charge in [0.25, 0.3) is 0 Å². The van der Waals surface area contributed by atoms with Gasteiger partial charge in [-0.1, -0.05) is 11.6 Å². The van der Waals surface area contributed by atoms with Crippen LogP contribution in [0.25, 0.3) is 0 Å². The fraction of sp³-hybridized carbons (Fsp3) is 0.125. The molecule has 0 radical (unpaired) electrons. The van der Waals surface area contributed by atoms with Crippen molar-refractivity contribution in [2.24, 2.45) is 16.7 Å². The van der Waals surface area contributed by atoms with E-state index in [4.69, 9.17) is 23.2 Å². The lowest BCUT2D eigenvalue weighted by atomic mass is 10.1. The van der Waals surface area contributed by atoms with Gasteiger partial charge in [-0.15, -0.1) is 0 Å². The molecule has 0 unspecified atom stereocenters. The Morgan fingerprint density at radius 1 is 1.50 bits per heavy atom. The maximum Gasteiger partial charge on any atom is 0.150 e. The standard InChI is InChI=1S/C8H10ClN3/c1-5-4-6(8(10)12-11)2-3-7(5)9/h2-4H,11H2,1H3,(H2,10,12). The Bertz CT molecular complexity index is 320. The van der Waals surface area contributed by atoms with Crippen LogP contribution in [-0.4, -0.2) is 5.84 Å². The summed E-state index contributed by atoms with van der Waals surface area (Å²) in [7, 11) is 0. The lowest BCUT2D eigenvalue weighted by Gasteiger charge is -2.01. The van der Waals surface area contributed by atoms with Crippen LogP contribution in [0.2, 0.25) is 5.02 Å². The van der Waals surface area contributed by atoms with Gasteiger partial charge in [0.05, 0.1) is 0 Å². The SMILES string of the molecule is Cc1cc(/C(N)=N/N)ccc1Cl. The van der Waals surface area contributed by atoms with Gasteiger partial charge in [0, 0.05) is 10.6 Å². The van der Waals surface area contributed by atoms with E-state index in [2.05, 4.69) is 5.10 Å². The van der Waals surface area contributed by atoms with Crippen molar-refractivity contribution >= 4 is 17.4 Å². The van der Waals surface area contributed by atoms with Crippen LogP contribution in [0.3, 0.4) is 0 Å². The molecular weight excluding hydrogens is 174 g/mol. The van der Waals surface area contributed by atoms with Crippen LogP contribution in [0.5, 0.6) is 0 Å². The van der Waals surface area contributed by atoms with Crippen LogP contribution >= 0.6 is 11.6 Å². The number of hydrazone groups is 1. The lowest BCUT2D eigenvalue weighted by molar-refractivity contribution is 1.23. The number of hydrogen-bond donors (Lipinski definition) is 2. The first-order chi connectivity index (χ1) is 5.65. The molecule has 0 aliphatic rings. The Balaban J connectivity index is 3.13. The van der Waals surface area contributed by atoms with E-state index >= 15 is 0 Å². The van der Waals surface area contributed by atoms with Gasteiger partial charge in [0.15, 0.2) is 0 Å². The summed E-state index contributed by atoms with van der Waals surface area (Å²) in [6, 6.07) is 5.39. The van der Waals surface area contributed by atoms with Crippen molar-refractivity contribution in [2.75, 3.05) is 0 Å². The molecule has 4 N–H and O–H groups in total. The van der Waals surface area contributed by atoms with Gasteiger partial charge in [-0.3, -0.25) is 0 Å². The van der Waals surface area contributed by atoms with Crippen LogP contribution < -0.4 is 11.6 Å². The maximum atomic E-state index is 5.82. The van der Waals surface area contributed by atoms with E-state index in [-0.39, 0.29) is 0 Å². The molecule has 0 amide bonds. The Morgan fingerprint density at radius 3 is 2.67 bits per heavy atom. The highest BCUT2D eigenvalue weighted by molar-refractivity contribution is 6.31. The summed E-state index contributed by atoms with van der Waals surface area (Å²) in [6.07, 6.45) is 0. The smallest absolute Gasteiger partial charge is 0.150 e. The van der Waals surface area contributed by atoms with E-state index in [1.54, 1.807) is 12.1 Å². The molecule has 0 saturated carbocycles. The molecule has 4 heteroatoms. The summed E-state index contributed by atoms with van der Waals surface area (Å²) in [5, 5.41) is 4.09. The molecule has 12 heavy (non-hydrogen) atoms. The molecule has 0 aromatic heterocycles. The van der Waals surface area contributed by atoms with Crippen LogP contribution in [-0.2, 0) is 0 Å². The van der Waals surface area contributed by atoms with Gasteiger partial charge in [-0.05, 0) is 30.7 Å². The summed E-state index contributed by atoms with van der Waals surface area (Å²) >= 11 is 5.82. The molecule has 64 valence electrons. The summed E-state index contributed by atoms with van der Waals surface area (Å²) in [6.45, 7) is 1.90. The van der Waals surface area contributed by atoms with Gasteiger partial charge < -0.3 is 11.6 Å². The van der Waals surface area contributed by atoms with E-state index in [0.717, 1.165) is 11.1 Å². The molecule has 1 rings (SSSR count). The topological polar surface area (TPSA) is 64.4 Å². The summed E-state index contributed by atoms with van der Waals surface area (Å²) in [4.78, 5) is 0. The van der Waals surface area contributed by atoms with E-state index in [0.29, 0.717) is 10.9 Å². The Hall–Kier alpha value is -1.22. The van der Waals surface area contributed by atoms with Crippen molar-refractivity contribution < 1.29 is 0 Å². The molecule has 0 saturated heterocycles. The van der Waals surface area contributed by atoms with E-state index in [9.17, 15) is 0 Å². The number of nitrogens with zero attached hydrogens (tertiary/aromatic N) is 1. The van der Waals surface area contributed by atoms with Crippen LogP contribution in [0.15, 0.2) is 23.3 Å². The molecule has 1 aromatic rings. The third kappa shape index (κ3) is 1.68. The van der Waals surface area contributed by atoms with Crippen molar-refractivity contribution in [3.05, 3.63) is 34.3 Å². The van der Waals surface area contributed by atoms with E-state index in [1.807, 2.05) is 13.0 Å². The Kier molecular flexibility index (Phi) is 2.55. The molecule has 0 aliphatic heterocycles. The summed E-state index contributed by atoms with van der Waals surface area (Å²) < 4.78 is 0. The number of halogens is 1. The molecule has 0 fully saturated rings. The lowest BCUT2D eigenvalue weighted by Crippen LogP contribution is -2.15. The third-order valence-corrected chi connectivity index (χ3v) is 2.02. The quantitative estimate of drug-likeness (QED) is 0.298. The molecule has 1 aromatic carbocycles. The molecule has 0 aliphatic carbocycles. The highest BCUT2D eigenvalue weighted by Crippen LogP contribution is 2.15. The monoisotopic (exact) mass is 183 g/mol. The largest absolute Gasteiger partial charge is 0.382 e. The van der Waals surface area contributed by atoms with Gasteiger partial charge >= 0.3 is 0 Å². The Morgan fingerprint density at radius 2 is 2.17 bits per heavy atom. The molecule has 0 atom stereocenters. The summed E-state index contributed by atoms with van der Waals surface area (Å²) in [5.74, 6) is 5.34. The number of aryl methyl sites for hydroxylation is 1.